The van der Waals surface area contributed by atoms with Gasteiger partial charge in [-0.15, -0.1) is 0 Å². The Hall–Kier alpha value is -1.17. The third-order valence-electron chi connectivity index (χ3n) is 7.00. The third-order valence-corrected chi connectivity index (χ3v) is 8.27. The van der Waals surface area contributed by atoms with Crippen molar-refractivity contribution in [1.29, 1.82) is 0 Å². The van der Waals surface area contributed by atoms with Gasteiger partial charge in [0.15, 0.2) is 4.80 Å². The lowest BCUT2D eigenvalue weighted by Gasteiger charge is -2.55. The van der Waals surface area contributed by atoms with Crippen LogP contribution in [-0.4, -0.2) is 23.7 Å². The first kappa shape index (κ1) is 18.8. The van der Waals surface area contributed by atoms with E-state index < -0.39 is 0 Å². The maximum Gasteiger partial charge on any atom is 0.254 e. The van der Waals surface area contributed by atoms with Gasteiger partial charge in [0.2, 0.25) is 0 Å². The molecule has 2 aromatic rings. The molecule has 0 spiro atoms. The molecule has 4 nitrogen and oxygen atoms in total. The van der Waals surface area contributed by atoms with Gasteiger partial charge in [-0.2, -0.15) is 4.99 Å². The fourth-order valence-corrected chi connectivity index (χ4v) is 7.56. The van der Waals surface area contributed by atoms with Crippen molar-refractivity contribution in [2.45, 2.75) is 52.0 Å². The summed E-state index contributed by atoms with van der Waals surface area (Å²) >= 11 is 7.76. The predicted octanol–water partition coefficient (Wildman–Crippen LogP) is 5.04. The first-order chi connectivity index (χ1) is 13.6. The number of ether oxygens (including phenoxy) is 1. The van der Waals surface area contributed by atoms with E-state index in [1.54, 1.807) is 11.3 Å². The van der Waals surface area contributed by atoms with Crippen LogP contribution in [-0.2, 0) is 16.1 Å². The minimum Gasteiger partial charge on any atom is -0.380 e. The van der Waals surface area contributed by atoms with Crippen molar-refractivity contribution in [3.05, 3.63) is 28.0 Å². The molecule has 1 aromatic carbocycles. The van der Waals surface area contributed by atoms with Gasteiger partial charge in [0.1, 0.15) is 0 Å². The maximum atomic E-state index is 13.5. The molecule has 1 amide bonds. The fraction of sp³-hybridized carbons (Fsp3) is 0.636. The lowest BCUT2D eigenvalue weighted by molar-refractivity contribution is -0.142. The molecule has 0 saturated heterocycles. The highest BCUT2D eigenvalue weighted by Crippen LogP contribution is 2.60. The topological polar surface area (TPSA) is 43.6 Å². The second-order valence-electron chi connectivity index (χ2n) is 8.96. The Morgan fingerprint density at radius 3 is 2.57 bits per heavy atom. The first-order valence-corrected chi connectivity index (χ1v) is 11.7. The van der Waals surface area contributed by atoms with E-state index >= 15 is 0 Å². The standard InChI is InChI=1S/C22H27ClN2O2S/c1-2-27-6-5-25-18-4-3-17(23)10-19(18)28-21(25)24-20(26)22-11-14-7-15(12-22)9-16(8-14)13-22/h3-4,10,14-16H,2,5-9,11-13H2,1H3. The van der Waals surface area contributed by atoms with Crippen LogP contribution in [0.1, 0.15) is 45.4 Å². The molecule has 4 saturated carbocycles. The quantitative estimate of drug-likeness (QED) is 0.638. The normalized spacial score (nSPS) is 31.8. The van der Waals surface area contributed by atoms with Crippen molar-refractivity contribution in [3.8, 4) is 0 Å². The highest BCUT2D eigenvalue weighted by Gasteiger charge is 2.54. The van der Waals surface area contributed by atoms with Crippen molar-refractivity contribution in [2.75, 3.05) is 13.2 Å². The van der Waals surface area contributed by atoms with Crippen LogP contribution in [0.2, 0.25) is 5.02 Å². The van der Waals surface area contributed by atoms with Crippen LogP contribution in [0.25, 0.3) is 10.2 Å². The lowest BCUT2D eigenvalue weighted by Crippen LogP contribution is -2.50. The Balaban J connectivity index is 1.53. The average Bonchev–Trinajstić information content (AvgIpc) is 2.97. The molecule has 4 aliphatic carbocycles. The number of carbonyl (C=O) groups is 1. The first-order valence-electron chi connectivity index (χ1n) is 10.5. The highest BCUT2D eigenvalue weighted by molar-refractivity contribution is 7.16. The number of thiazole rings is 1. The molecule has 0 radical (unpaired) electrons. The van der Waals surface area contributed by atoms with Gasteiger partial charge in [-0.25, -0.2) is 0 Å². The molecule has 4 fully saturated rings. The zero-order chi connectivity index (χ0) is 19.3. The summed E-state index contributed by atoms with van der Waals surface area (Å²) in [5.41, 5.74) is 0.881. The van der Waals surface area contributed by atoms with Crippen molar-refractivity contribution in [1.82, 2.24) is 4.57 Å². The summed E-state index contributed by atoms with van der Waals surface area (Å²) in [6.45, 7) is 4.00. The minimum absolute atomic E-state index is 0.120. The number of rotatable bonds is 5. The molecule has 0 N–H and O–H groups in total. The van der Waals surface area contributed by atoms with E-state index in [1.165, 1.54) is 19.3 Å². The summed E-state index contributed by atoms with van der Waals surface area (Å²) in [5.74, 6) is 2.36. The molecule has 0 aliphatic heterocycles. The molecule has 0 atom stereocenters. The Kier molecular flexibility index (Phi) is 4.88. The summed E-state index contributed by atoms with van der Waals surface area (Å²) in [6, 6.07) is 5.89. The number of hydrogen-bond donors (Lipinski definition) is 0. The summed E-state index contributed by atoms with van der Waals surface area (Å²) < 4.78 is 8.77. The Morgan fingerprint density at radius 2 is 1.93 bits per heavy atom. The Labute approximate surface area is 174 Å². The number of carbonyl (C=O) groups excluding carboxylic acids is 1. The zero-order valence-electron chi connectivity index (χ0n) is 16.3. The molecule has 4 aliphatic rings. The van der Waals surface area contributed by atoms with Gasteiger partial charge in [0.25, 0.3) is 5.91 Å². The average molecular weight is 419 g/mol. The van der Waals surface area contributed by atoms with Gasteiger partial charge in [0, 0.05) is 18.2 Å². The zero-order valence-corrected chi connectivity index (χ0v) is 17.9. The molecular weight excluding hydrogens is 392 g/mol. The highest BCUT2D eigenvalue weighted by atomic mass is 35.5. The number of amides is 1. The van der Waals surface area contributed by atoms with Crippen LogP contribution in [0.3, 0.4) is 0 Å². The molecule has 150 valence electrons. The molecule has 28 heavy (non-hydrogen) atoms. The van der Waals surface area contributed by atoms with E-state index in [4.69, 9.17) is 21.3 Å². The van der Waals surface area contributed by atoms with E-state index in [0.29, 0.717) is 24.8 Å². The molecule has 0 unspecified atom stereocenters. The number of benzene rings is 1. The molecule has 1 heterocycles. The van der Waals surface area contributed by atoms with Crippen LogP contribution in [0.5, 0.6) is 0 Å². The fourth-order valence-electron chi connectivity index (χ4n) is 6.23. The number of aromatic nitrogens is 1. The molecule has 4 bridgehead atoms. The van der Waals surface area contributed by atoms with Crippen molar-refractivity contribution < 1.29 is 9.53 Å². The molecule has 6 rings (SSSR count). The Morgan fingerprint density at radius 1 is 1.25 bits per heavy atom. The monoisotopic (exact) mass is 418 g/mol. The van der Waals surface area contributed by atoms with E-state index in [1.807, 2.05) is 25.1 Å². The Bertz CT molecular complexity index is 941. The van der Waals surface area contributed by atoms with Gasteiger partial charge >= 0.3 is 0 Å². The minimum atomic E-state index is -0.194. The van der Waals surface area contributed by atoms with Crippen LogP contribution < -0.4 is 4.80 Å². The van der Waals surface area contributed by atoms with E-state index in [-0.39, 0.29) is 11.3 Å². The third kappa shape index (κ3) is 3.25. The van der Waals surface area contributed by atoms with Crippen molar-refractivity contribution >= 4 is 39.1 Å². The summed E-state index contributed by atoms with van der Waals surface area (Å²) in [7, 11) is 0. The molecule has 1 aromatic heterocycles. The second-order valence-corrected chi connectivity index (χ2v) is 10.4. The number of halogens is 1. The maximum absolute atomic E-state index is 13.5. The lowest BCUT2D eigenvalue weighted by atomic mass is 9.49. The number of fused-ring (bicyclic) bond motifs is 1. The summed E-state index contributed by atoms with van der Waals surface area (Å²) in [4.78, 5) is 19.0. The second kappa shape index (κ2) is 7.26. The van der Waals surface area contributed by atoms with Crippen LogP contribution in [0, 0.1) is 23.2 Å². The SMILES string of the molecule is CCOCCn1c(=NC(=O)C23CC4CC(CC(C4)C2)C3)sc2cc(Cl)ccc21. The van der Waals surface area contributed by atoms with E-state index in [2.05, 4.69) is 4.57 Å². The van der Waals surface area contributed by atoms with Crippen molar-refractivity contribution in [2.24, 2.45) is 28.2 Å². The van der Waals surface area contributed by atoms with Crippen LogP contribution in [0.15, 0.2) is 23.2 Å². The summed E-state index contributed by atoms with van der Waals surface area (Å²) in [5, 5.41) is 0.713. The number of nitrogens with zero attached hydrogens (tertiary/aromatic N) is 2. The molecule has 6 heteroatoms. The number of hydrogen-bond acceptors (Lipinski definition) is 3. The smallest absolute Gasteiger partial charge is 0.254 e. The van der Waals surface area contributed by atoms with Crippen LogP contribution in [0.4, 0.5) is 0 Å². The van der Waals surface area contributed by atoms with Gasteiger partial charge in [-0.1, -0.05) is 22.9 Å². The van der Waals surface area contributed by atoms with E-state index in [0.717, 1.165) is 52.0 Å². The van der Waals surface area contributed by atoms with E-state index in [9.17, 15) is 4.79 Å². The van der Waals surface area contributed by atoms with Gasteiger partial charge in [-0.05, 0) is 81.4 Å². The van der Waals surface area contributed by atoms with Gasteiger partial charge in [0.05, 0.1) is 22.2 Å². The summed E-state index contributed by atoms with van der Waals surface area (Å²) in [6.07, 6.45) is 7.16. The van der Waals surface area contributed by atoms with Crippen molar-refractivity contribution in [3.63, 3.8) is 0 Å². The van der Waals surface area contributed by atoms with Gasteiger partial charge in [-0.3, -0.25) is 4.79 Å². The largest absolute Gasteiger partial charge is 0.380 e. The molecular formula is C22H27ClN2O2S. The van der Waals surface area contributed by atoms with Crippen LogP contribution >= 0.6 is 22.9 Å². The van der Waals surface area contributed by atoms with Gasteiger partial charge < -0.3 is 9.30 Å². The predicted molar refractivity (Wildman–Crippen MR) is 112 cm³/mol.